The van der Waals surface area contributed by atoms with E-state index in [1.807, 2.05) is 11.3 Å². The van der Waals surface area contributed by atoms with Crippen LogP contribution in [-0.2, 0) is 0 Å². The Labute approximate surface area is 270 Å². The molecule has 0 amide bonds. The van der Waals surface area contributed by atoms with Gasteiger partial charge in [0.2, 0.25) is 0 Å². The molecule has 46 heavy (non-hydrogen) atoms. The van der Waals surface area contributed by atoms with E-state index < -0.39 is 0 Å². The molecular formula is C44H27NS. The van der Waals surface area contributed by atoms with Crippen LogP contribution in [-0.4, -0.2) is 4.57 Å². The molecule has 0 fully saturated rings. The maximum atomic E-state index is 2.48. The molecule has 2 heteroatoms. The smallest absolute Gasteiger partial charge is 0.0634 e. The van der Waals surface area contributed by atoms with Gasteiger partial charge in [0.25, 0.3) is 0 Å². The molecule has 2 heterocycles. The Morgan fingerprint density at radius 1 is 0.348 bits per heavy atom. The minimum absolute atomic E-state index is 1.17. The highest BCUT2D eigenvalue weighted by Crippen LogP contribution is 2.45. The number of rotatable bonds is 3. The predicted molar refractivity (Wildman–Crippen MR) is 200 cm³/mol. The lowest BCUT2D eigenvalue weighted by molar-refractivity contribution is 1.19. The van der Waals surface area contributed by atoms with Gasteiger partial charge in [-0.05, 0) is 74.1 Å². The molecule has 8 aromatic carbocycles. The minimum atomic E-state index is 1.17. The molecule has 0 N–H and O–H groups in total. The minimum Gasteiger partial charge on any atom is -0.309 e. The molecule has 0 radical (unpaired) electrons. The molecule has 0 aliphatic heterocycles. The first-order valence-electron chi connectivity index (χ1n) is 15.8. The number of thiophene rings is 1. The third kappa shape index (κ3) is 3.62. The third-order valence-corrected chi connectivity index (χ3v) is 10.7. The lowest BCUT2D eigenvalue weighted by Gasteiger charge is -2.18. The summed E-state index contributed by atoms with van der Waals surface area (Å²) >= 11 is 1.88. The van der Waals surface area contributed by atoms with Crippen molar-refractivity contribution in [3.8, 4) is 27.9 Å². The second-order valence-electron chi connectivity index (χ2n) is 12.0. The van der Waals surface area contributed by atoms with Gasteiger partial charge >= 0.3 is 0 Å². The van der Waals surface area contributed by atoms with Crippen LogP contribution in [0.5, 0.6) is 0 Å². The molecule has 2 aromatic heterocycles. The average Bonchev–Trinajstić information content (AvgIpc) is 3.67. The normalized spacial score (nSPS) is 11.9. The van der Waals surface area contributed by atoms with E-state index in [2.05, 4.69) is 168 Å². The Balaban J connectivity index is 1.24. The van der Waals surface area contributed by atoms with Crippen molar-refractivity contribution < 1.29 is 0 Å². The van der Waals surface area contributed by atoms with Gasteiger partial charge in [0.05, 0.1) is 11.0 Å². The first-order valence-corrected chi connectivity index (χ1v) is 16.6. The summed E-state index contributed by atoms with van der Waals surface area (Å²) in [6, 6.07) is 60.1. The van der Waals surface area contributed by atoms with Crippen LogP contribution in [0.4, 0.5) is 0 Å². The molecule has 0 atom stereocenters. The molecule has 10 aromatic rings. The zero-order valence-electron chi connectivity index (χ0n) is 24.9. The molecule has 214 valence electrons. The van der Waals surface area contributed by atoms with Crippen LogP contribution in [0.1, 0.15) is 0 Å². The van der Waals surface area contributed by atoms with E-state index in [-0.39, 0.29) is 0 Å². The fraction of sp³-hybridized carbons (Fsp3) is 0. The molecule has 0 aliphatic carbocycles. The van der Waals surface area contributed by atoms with Crippen molar-refractivity contribution >= 4 is 74.9 Å². The highest BCUT2D eigenvalue weighted by atomic mass is 32.1. The summed E-state index contributed by atoms with van der Waals surface area (Å²) in [6.45, 7) is 0. The highest BCUT2D eigenvalue weighted by molar-refractivity contribution is 7.26. The lowest BCUT2D eigenvalue weighted by atomic mass is 9.86. The SMILES string of the molecule is c1ccc(-c2c3ccccc3c(-c3ccc(-n4c5ccccc5c5ccc6sc7ccccc7c6c54)cc3)c3ccccc23)cc1. The van der Waals surface area contributed by atoms with Crippen LogP contribution in [0, 0.1) is 0 Å². The van der Waals surface area contributed by atoms with Gasteiger partial charge in [-0.25, -0.2) is 0 Å². The van der Waals surface area contributed by atoms with E-state index in [9.17, 15) is 0 Å². The van der Waals surface area contributed by atoms with E-state index in [0.717, 1.165) is 0 Å². The Morgan fingerprint density at radius 2 is 0.870 bits per heavy atom. The highest BCUT2D eigenvalue weighted by Gasteiger charge is 2.19. The number of para-hydroxylation sites is 1. The van der Waals surface area contributed by atoms with Crippen molar-refractivity contribution in [2.75, 3.05) is 0 Å². The molecule has 0 spiro atoms. The van der Waals surface area contributed by atoms with Crippen LogP contribution >= 0.6 is 11.3 Å². The lowest BCUT2D eigenvalue weighted by Crippen LogP contribution is -1.95. The van der Waals surface area contributed by atoms with Crippen molar-refractivity contribution in [3.63, 3.8) is 0 Å². The molecule has 1 nitrogen and oxygen atoms in total. The van der Waals surface area contributed by atoms with Crippen LogP contribution in [0.2, 0.25) is 0 Å². The maximum absolute atomic E-state index is 2.48. The number of aromatic nitrogens is 1. The zero-order valence-corrected chi connectivity index (χ0v) is 25.8. The number of fused-ring (bicyclic) bond motifs is 9. The largest absolute Gasteiger partial charge is 0.309 e. The van der Waals surface area contributed by atoms with Gasteiger partial charge in [0.15, 0.2) is 0 Å². The zero-order chi connectivity index (χ0) is 30.2. The average molecular weight is 602 g/mol. The predicted octanol–water partition coefficient (Wildman–Crippen LogP) is 12.8. The van der Waals surface area contributed by atoms with Gasteiger partial charge in [0, 0.05) is 36.6 Å². The molecule has 10 rings (SSSR count). The number of hydrogen-bond donors (Lipinski definition) is 0. The molecule has 0 unspecified atom stereocenters. The molecule has 0 saturated heterocycles. The first kappa shape index (κ1) is 25.6. The van der Waals surface area contributed by atoms with Gasteiger partial charge in [-0.2, -0.15) is 0 Å². The second kappa shape index (κ2) is 9.90. The number of benzene rings is 8. The third-order valence-electron chi connectivity index (χ3n) is 9.58. The summed E-state index contributed by atoms with van der Waals surface area (Å²) in [7, 11) is 0. The Bertz CT molecular complexity index is 2730. The van der Waals surface area contributed by atoms with Crippen LogP contribution < -0.4 is 0 Å². The van der Waals surface area contributed by atoms with Gasteiger partial charge in [-0.15, -0.1) is 11.3 Å². The van der Waals surface area contributed by atoms with E-state index in [4.69, 9.17) is 0 Å². The van der Waals surface area contributed by atoms with Gasteiger partial charge in [-0.1, -0.05) is 133 Å². The van der Waals surface area contributed by atoms with Crippen molar-refractivity contribution in [1.29, 1.82) is 0 Å². The Kier molecular flexibility index (Phi) is 5.51. The van der Waals surface area contributed by atoms with Crippen molar-refractivity contribution in [3.05, 3.63) is 164 Å². The van der Waals surface area contributed by atoms with E-state index >= 15 is 0 Å². The van der Waals surface area contributed by atoms with E-state index in [1.54, 1.807) is 0 Å². The fourth-order valence-corrected chi connectivity index (χ4v) is 8.77. The monoisotopic (exact) mass is 601 g/mol. The van der Waals surface area contributed by atoms with Crippen LogP contribution in [0.25, 0.3) is 91.5 Å². The maximum Gasteiger partial charge on any atom is 0.0634 e. The molecular weight excluding hydrogens is 575 g/mol. The van der Waals surface area contributed by atoms with Crippen molar-refractivity contribution in [2.24, 2.45) is 0 Å². The van der Waals surface area contributed by atoms with Gasteiger partial charge in [-0.3, -0.25) is 0 Å². The number of hydrogen-bond acceptors (Lipinski definition) is 1. The molecule has 0 saturated carbocycles. The second-order valence-corrected chi connectivity index (χ2v) is 13.1. The van der Waals surface area contributed by atoms with Crippen LogP contribution in [0.15, 0.2) is 164 Å². The fourth-order valence-electron chi connectivity index (χ4n) is 7.67. The summed E-state index contributed by atoms with van der Waals surface area (Å²) in [5.41, 5.74) is 8.74. The summed E-state index contributed by atoms with van der Waals surface area (Å²) in [4.78, 5) is 0. The topological polar surface area (TPSA) is 4.93 Å². The quantitative estimate of drug-likeness (QED) is 0.178. The summed E-state index contributed by atoms with van der Waals surface area (Å²) in [6.07, 6.45) is 0. The standard InChI is InChI=1S/C44H27NS/c1-2-12-28(13-3-1)41-32-15-4-6-17-34(32)42(35-18-7-5-16-33(35)41)29-22-24-30(25-23-29)45-38-20-10-8-14-31(38)36-26-27-40-43(44(36)45)37-19-9-11-21-39(37)46-40/h1-27H. The van der Waals surface area contributed by atoms with Gasteiger partial charge in [0.1, 0.15) is 0 Å². The first-order chi connectivity index (χ1) is 22.8. The van der Waals surface area contributed by atoms with Gasteiger partial charge < -0.3 is 4.57 Å². The Hall–Kier alpha value is -5.70. The summed E-state index contributed by atoms with van der Waals surface area (Å²) in [5, 5.41) is 10.3. The molecule has 0 aliphatic rings. The summed E-state index contributed by atoms with van der Waals surface area (Å²) < 4.78 is 5.13. The summed E-state index contributed by atoms with van der Waals surface area (Å²) in [5.74, 6) is 0. The Morgan fingerprint density at radius 3 is 1.52 bits per heavy atom. The number of nitrogens with zero attached hydrogens (tertiary/aromatic N) is 1. The van der Waals surface area contributed by atoms with E-state index in [0.29, 0.717) is 0 Å². The van der Waals surface area contributed by atoms with E-state index in [1.165, 1.54) is 91.5 Å². The van der Waals surface area contributed by atoms with Crippen molar-refractivity contribution in [2.45, 2.75) is 0 Å². The molecule has 0 bridgehead atoms. The van der Waals surface area contributed by atoms with Crippen LogP contribution in [0.3, 0.4) is 0 Å². The van der Waals surface area contributed by atoms with Crippen molar-refractivity contribution in [1.82, 2.24) is 4.57 Å².